The number of nitrogens with one attached hydrogen (secondary N) is 1. The number of anilines is 1. The van der Waals surface area contributed by atoms with Crippen LogP contribution in [0.25, 0.3) is 0 Å². The molecule has 2 aromatic carbocycles. The number of hydrogen-bond donors (Lipinski definition) is 1. The molecule has 0 radical (unpaired) electrons. The smallest absolute Gasteiger partial charge is 0.242 e. The zero-order valence-corrected chi connectivity index (χ0v) is 22.7. The highest BCUT2D eigenvalue weighted by Crippen LogP contribution is 2.23. The summed E-state index contributed by atoms with van der Waals surface area (Å²) in [5.74, 6) is -0.305. The van der Waals surface area contributed by atoms with Crippen molar-refractivity contribution in [2.75, 3.05) is 17.1 Å². The third kappa shape index (κ3) is 7.82. The van der Waals surface area contributed by atoms with E-state index in [0.717, 1.165) is 42.4 Å². The van der Waals surface area contributed by atoms with Gasteiger partial charge in [0.15, 0.2) is 0 Å². The number of carbonyl (C=O) groups is 2. The lowest BCUT2D eigenvalue weighted by Gasteiger charge is -2.30. The third-order valence-electron chi connectivity index (χ3n) is 6.71. The number of amides is 2. The zero-order chi connectivity index (χ0) is 26.3. The van der Waals surface area contributed by atoms with Crippen LogP contribution in [0.1, 0.15) is 62.1 Å². The van der Waals surface area contributed by atoms with E-state index in [9.17, 15) is 18.0 Å². The van der Waals surface area contributed by atoms with Gasteiger partial charge in [-0.25, -0.2) is 8.42 Å². The molecule has 0 bridgehead atoms. The molecule has 0 heterocycles. The van der Waals surface area contributed by atoms with Crippen LogP contribution in [-0.2, 0) is 26.2 Å². The highest BCUT2D eigenvalue weighted by molar-refractivity contribution is 7.92. The van der Waals surface area contributed by atoms with Gasteiger partial charge in [-0.15, -0.1) is 0 Å². The number of rotatable bonds is 11. The molecular weight excluding hydrogens is 474 g/mol. The van der Waals surface area contributed by atoms with Crippen molar-refractivity contribution < 1.29 is 18.0 Å². The Kier molecular flexibility index (Phi) is 9.54. The molecule has 1 aliphatic carbocycles. The van der Waals surface area contributed by atoms with Gasteiger partial charge in [-0.05, 0) is 68.9 Å². The lowest BCUT2D eigenvalue weighted by Crippen LogP contribution is -2.49. The maximum Gasteiger partial charge on any atom is 0.242 e. The molecule has 36 heavy (non-hydrogen) atoms. The number of aryl methyl sites for hydroxylation is 2. The van der Waals surface area contributed by atoms with Gasteiger partial charge in [-0.3, -0.25) is 13.9 Å². The van der Waals surface area contributed by atoms with Gasteiger partial charge in [0.2, 0.25) is 21.8 Å². The van der Waals surface area contributed by atoms with Crippen molar-refractivity contribution in [3.63, 3.8) is 0 Å². The van der Waals surface area contributed by atoms with Gasteiger partial charge in [0.05, 0.1) is 11.9 Å². The summed E-state index contributed by atoms with van der Waals surface area (Å²) in [4.78, 5) is 28.0. The molecule has 2 aromatic rings. The average Bonchev–Trinajstić information content (AvgIpc) is 3.32. The van der Waals surface area contributed by atoms with Crippen LogP contribution in [0, 0.1) is 13.8 Å². The molecule has 1 unspecified atom stereocenters. The summed E-state index contributed by atoms with van der Waals surface area (Å²) in [5.41, 5.74) is 3.50. The molecule has 1 fully saturated rings. The Morgan fingerprint density at radius 2 is 1.64 bits per heavy atom. The molecule has 1 saturated carbocycles. The van der Waals surface area contributed by atoms with Gasteiger partial charge in [-0.2, -0.15) is 0 Å². The number of hydrogen-bond acceptors (Lipinski definition) is 4. The Hall–Kier alpha value is -2.87. The fourth-order valence-corrected chi connectivity index (χ4v) is 5.80. The molecule has 8 heteroatoms. The summed E-state index contributed by atoms with van der Waals surface area (Å²) in [7, 11) is -3.52. The van der Waals surface area contributed by atoms with Crippen LogP contribution in [0.3, 0.4) is 0 Å². The molecular formula is C28H39N3O4S. The quantitative estimate of drug-likeness (QED) is 0.485. The van der Waals surface area contributed by atoms with Crippen molar-refractivity contribution in [3.8, 4) is 0 Å². The molecule has 0 spiro atoms. The molecule has 1 N–H and O–H groups in total. The monoisotopic (exact) mass is 513 g/mol. The molecule has 0 saturated heterocycles. The first-order valence-electron chi connectivity index (χ1n) is 12.7. The summed E-state index contributed by atoms with van der Waals surface area (Å²) in [6.07, 6.45) is 5.86. The average molecular weight is 514 g/mol. The van der Waals surface area contributed by atoms with Gasteiger partial charge < -0.3 is 10.2 Å². The summed E-state index contributed by atoms with van der Waals surface area (Å²) in [6.45, 7) is 6.14. The minimum atomic E-state index is -3.52. The summed E-state index contributed by atoms with van der Waals surface area (Å²) in [6, 6.07) is 14.8. The van der Waals surface area contributed by atoms with Crippen LogP contribution in [0.15, 0.2) is 48.5 Å². The number of benzene rings is 2. The zero-order valence-electron chi connectivity index (χ0n) is 21.9. The van der Waals surface area contributed by atoms with E-state index < -0.39 is 16.1 Å². The van der Waals surface area contributed by atoms with Gasteiger partial charge in [0, 0.05) is 25.6 Å². The van der Waals surface area contributed by atoms with Crippen molar-refractivity contribution in [1.29, 1.82) is 0 Å². The first-order valence-corrected chi connectivity index (χ1v) is 14.6. The lowest BCUT2D eigenvalue weighted by molar-refractivity contribution is -0.141. The molecule has 1 aliphatic rings. The van der Waals surface area contributed by atoms with E-state index >= 15 is 0 Å². The van der Waals surface area contributed by atoms with Crippen molar-refractivity contribution in [1.82, 2.24) is 10.2 Å². The lowest BCUT2D eigenvalue weighted by atomic mass is 10.1. The molecule has 3 rings (SSSR count). The van der Waals surface area contributed by atoms with E-state index in [1.54, 1.807) is 11.8 Å². The topological polar surface area (TPSA) is 86.8 Å². The Labute approximate surface area is 215 Å². The minimum Gasteiger partial charge on any atom is -0.352 e. The van der Waals surface area contributed by atoms with Crippen molar-refractivity contribution in [2.24, 2.45) is 0 Å². The molecule has 0 aliphatic heterocycles. The first-order chi connectivity index (χ1) is 17.0. The predicted octanol–water partition coefficient (Wildman–Crippen LogP) is 4.33. The normalized spacial score (nSPS) is 14.9. The third-order valence-corrected chi connectivity index (χ3v) is 7.91. The second-order valence-corrected chi connectivity index (χ2v) is 11.9. The van der Waals surface area contributed by atoms with E-state index in [2.05, 4.69) is 5.32 Å². The molecule has 1 atom stereocenters. The number of sulfonamides is 1. The van der Waals surface area contributed by atoms with E-state index in [-0.39, 0.29) is 30.8 Å². The minimum absolute atomic E-state index is 0.140. The van der Waals surface area contributed by atoms with Crippen LogP contribution in [-0.4, -0.2) is 50.0 Å². The highest BCUT2D eigenvalue weighted by atomic mass is 32.2. The van der Waals surface area contributed by atoms with Crippen molar-refractivity contribution in [2.45, 2.75) is 77.9 Å². The van der Waals surface area contributed by atoms with Gasteiger partial charge in [0.1, 0.15) is 6.04 Å². The predicted molar refractivity (Wildman–Crippen MR) is 144 cm³/mol. The van der Waals surface area contributed by atoms with E-state index in [4.69, 9.17) is 0 Å². The first kappa shape index (κ1) is 27.7. The van der Waals surface area contributed by atoms with E-state index in [1.165, 1.54) is 10.6 Å². The number of nitrogens with zero attached hydrogens (tertiary/aromatic N) is 2. The largest absolute Gasteiger partial charge is 0.352 e. The van der Waals surface area contributed by atoms with Crippen LogP contribution in [0.5, 0.6) is 0 Å². The Bertz CT molecular complexity index is 1120. The number of carbonyl (C=O) groups excluding carboxylic acids is 2. The van der Waals surface area contributed by atoms with E-state index in [0.29, 0.717) is 18.7 Å². The summed E-state index contributed by atoms with van der Waals surface area (Å²) in [5, 5.41) is 3.11. The molecule has 2 amide bonds. The van der Waals surface area contributed by atoms with Crippen LogP contribution in [0.2, 0.25) is 0 Å². The van der Waals surface area contributed by atoms with Crippen LogP contribution >= 0.6 is 0 Å². The Morgan fingerprint density at radius 1 is 1.03 bits per heavy atom. The van der Waals surface area contributed by atoms with Crippen molar-refractivity contribution in [3.05, 3.63) is 65.2 Å². The Balaban J connectivity index is 1.71. The van der Waals surface area contributed by atoms with Gasteiger partial charge in [-0.1, -0.05) is 49.2 Å². The van der Waals surface area contributed by atoms with Crippen LogP contribution in [0.4, 0.5) is 5.69 Å². The highest BCUT2D eigenvalue weighted by Gasteiger charge is 2.28. The second-order valence-electron chi connectivity index (χ2n) is 9.96. The van der Waals surface area contributed by atoms with Crippen molar-refractivity contribution >= 4 is 27.5 Å². The second kappa shape index (κ2) is 12.4. The maximum atomic E-state index is 13.4. The van der Waals surface area contributed by atoms with Crippen LogP contribution < -0.4 is 9.62 Å². The SMILES string of the molecule is Cc1cc(C)cc(N(CCCC(=O)N(Cc2ccccc2)C(C)C(=O)NC2CCCC2)S(C)(=O)=O)c1. The molecule has 196 valence electrons. The maximum absolute atomic E-state index is 13.4. The van der Waals surface area contributed by atoms with E-state index in [1.807, 2.05) is 62.4 Å². The molecule has 0 aromatic heterocycles. The standard InChI is InChI=1S/C28H39N3O4S/c1-21-17-22(2)19-26(18-21)31(36(4,34)35)16-10-15-27(32)30(20-24-11-6-5-7-12-24)23(3)28(33)29-25-13-8-9-14-25/h5-7,11-12,17-19,23,25H,8-10,13-16,20H2,1-4H3,(H,29,33). The summed E-state index contributed by atoms with van der Waals surface area (Å²) >= 11 is 0. The Morgan fingerprint density at radius 3 is 2.22 bits per heavy atom. The fraction of sp³-hybridized carbons (Fsp3) is 0.500. The van der Waals surface area contributed by atoms with Gasteiger partial charge >= 0.3 is 0 Å². The summed E-state index contributed by atoms with van der Waals surface area (Å²) < 4.78 is 26.4. The molecule has 7 nitrogen and oxygen atoms in total. The van der Waals surface area contributed by atoms with Gasteiger partial charge in [0.25, 0.3) is 0 Å². The fourth-order valence-electron chi connectivity index (χ4n) is 4.85.